The minimum absolute atomic E-state index is 0.0800. The van der Waals surface area contributed by atoms with Gasteiger partial charge in [0.1, 0.15) is 18.9 Å². The molecule has 110 valence electrons. The summed E-state index contributed by atoms with van der Waals surface area (Å²) in [6, 6.07) is 9.71. The number of morpholine rings is 1. The number of hydrogen-bond donors (Lipinski definition) is 1. The second kappa shape index (κ2) is 6.53. The zero-order valence-electron chi connectivity index (χ0n) is 12.1. The van der Waals surface area contributed by atoms with Gasteiger partial charge in [0.05, 0.1) is 25.4 Å². The van der Waals surface area contributed by atoms with Crippen LogP contribution >= 0.6 is 11.3 Å². The molecule has 0 atom stereocenters. The molecule has 0 saturated carbocycles. The number of thiophene rings is 1. The molecule has 1 aliphatic heterocycles. The third kappa shape index (κ3) is 2.75. The Labute approximate surface area is 135 Å². The van der Waals surface area contributed by atoms with Crippen molar-refractivity contribution < 1.29 is 9.84 Å². The molecule has 0 aliphatic carbocycles. The Morgan fingerprint density at radius 3 is 2.55 bits per heavy atom. The van der Waals surface area contributed by atoms with E-state index in [9.17, 15) is 10.4 Å². The standard InChI is InChI=1S/C16H15BN2O2S/c17-12-3-1-11(2-4-12)15-13(9-18)16(22-14(15)10-20)19-5-7-21-8-6-19/h1-4,20H,5-8,10H2. The molecule has 22 heavy (non-hydrogen) atoms. The van der Waals surface area contributed by atoms with Gasteiger partial charge in [0.2, 0.25) is 0 Å². The van der Waals surface area contributed by atoms with Gasteiger partial charge in [-0.25, -0.2) is 0 Å². The largest absolute Gasteiger partial charge is 0.391 e. The molecule has 3 rings (SSSR count). The fourth-order valence-corrected chi connectivity index (χ4v) is 3.81. The van der Waals surface area contributed by atoms with Crippen molar-refractivity contribution in [3.05, 3.63) is 34.7 Å². The van der Waals surface area contributed by atoms with Crippen molar-refractivity contribution in [1.82, 2.24) is 0 Å². The van der Waals surface area contributed by atoms with Crippen LogP contribution in [0, 0.1) is 11.3 Å². The first-order valence-electron chi connectivity index (χ1n) is 7.10. The lowest BCUT2D eigenvalue weighted by Crippen LogP contribution is -2.36. The highest BCUT2D eigenvalue weighted by molar-refractivity contribution is 7.17. The van der Waals surface area contributed by atoms with Gasteiger partial charge in [0, 0.05) is 23.5 Å². The quantitative estimate of drug-likeness (QED) is 0.871. The highest BCUT2D eigenvalue weighted by Gasteiger charge is 2.24. The van der Waals surface area contributed by atoms with Crippen molar-refractivity contribution in [2.24, 2.45) is 0 Å². The molecule has 0 amide bonds. The van der Waals surface area contributed by atoms with Gasteiger partial charge in [-0.3, -0.25) is 0 Å². The minimum Gasteiger partial charge on any atom is -0.391 e. The molecule has 2 aromatic rings. The molecular weight excluding hydrogens is 295 g/mol. The second-order valence-corrected chi connectivity index (χ2v) is 6.16. The van der Waals surface area contributed by atoms with Crippen LogP contribution in [0.3, 0.4) is 0 Å². The number of nitrogens with zero attached hydrogens (tertiary/aromatic N) is 2. The smallest absolute Gasteiger partial charge is 0.113 e. The maximum absolute atomic E-state index is 9.70. The Kier molecular flexibility index (Phi) is 4.48. The maximum Gasteiger partial charge on any atom is 0.113 e. The summed E-state index contributed by atoms with van der Waals surface area (Å²) >= 11 is 1.48. The lowest BCUT2D eigenvalue weighted by Gasteiger charge is -2.27. The minimum atomic E-state index is -0.0800. The summed E-state index contributed by atoms with van der Waals surface area (Å²) < 4.78 is 5.37. The molecule has 1 aliphatic rings. The van der Waals surface area contributed by atoms with Crippen LogP contribution < -0.4 is 10.4 Å². The van der Waals surface area contributed by atoms with Crippen LogP contribution in [0.25, 0.3) is 11.1 Å². The predicted molar refractivity (Wildman–Crippen MR) is 88.8 cm³/mol. The van der Waals surface area contributed by atoms with Crippen LogP contribution in [0.15, 0.2) is 24.3 Å². The van der Waals surface area contributed by atoms with Crippen molar-refractivity contribution in [2.45, 2.75) is 6.61 Å². The van der Waals surface area contributed by atoms with E-state index in [2.05, 4.69) is 11.0 Å². The Hall–Kier alpha value is -1.81. The summed E-state index contributed by atoms with van der Waals surface area (Å²) in [5, 5.41) is 20.3. The van der Waals surface area contributed by atoms with Gasteiger partial charge < -0.3 is 14.7 Å². The molecule has 2 heterocycles. The first-order valence-corrected chi connectivity index (χ1v) is 7.91. The van der Waals surface area contributed by atoms with Crippen molar-refractivity contribution in [2.75, 3.05) is 31.2 Å². The van der Waals surface area contributed by atoms with E-state index in [-0.39, 0.29) is 6.61 Å². The van der Waals surface area contributed by atoms with Gasteiger partial charge in [0.25, 0.3) is 0 Å². The zero-order chi connectivity index (χ0) is 15.5. The van der Waals surface area contributed by atoms with E-state index >= 15 is 0 Å². The zero-order valence-corrected chi connectivity index (χ0v) is 12.9. The number of benzene rings is 1. The third-order valence-electron chi connectivity index (χ3n) is 3.72. The lowest BCUT2D eigenvalue weighted by molar-refractivity contribution is 0.123. The highest BCUT2D eigenvalue weighted by Crippen LogP contribution is 2.41. The average molecular weight is 310 g/mol. The number of nitriles is 1. The van der Waals surface area contributed by atoms with Crippen LogP contribution in [-0.4, -0.2) is 39.3 Å². The van der Waals surface area contributed by atoms with Crippen molar-refractivity contribution in [3.8, 4) is 17.2 Å². The number of aliphatic hydroxyl groups excluding tert-OH is 1. The summed E-state index contributed by atoms with van der Waals surface area (Å²) in [6.07, 6.45) is 0. The third-order valence-corrected chi connectivity index (χ3v) is 4.95. The molecule has 0 unspecified atom stereocenters. The number of anilines is 1. The molecule has 4 nitrogen and oxygen atoms in total. The SMILES string of the molecule is [B]c1ccc(-c2c(CO)sc(N3CCOCC3)c2C#N)cc1. The summed E-state index contributed by atoms with van der Waals surface area (Å²) in [7, 11) is 5.73. The van der Waals surface area contributed by atoms with Crippen LogP contribution in [-0.2, 0) is 11.3 Å². The number of hydrogen-bond acceptors (Lipinski definition) is 5. The summed E-state index contributed by atoms with van der Waals surface area (Å²) in [4.78, 5) is 2.97. The molecule has 1 N–H and O–H groups in total. The number of aliphatic hydroxyl groups is 1. The van der Waals surface area contributed by atoms with E-state index in [4.69, 9.17) is 12.6 Å². The predicted octanol–water partition coefficient (Wildman–Crippen LogP) is 1.41. The van der Waals surface area contributed by atoms with Gasteiger partial charge in [-0.1, -0.05) is 29.7 Å². The Morgan fingerprint density at radius 2 is 1.95 bits per heavy atom. The van der Waals surface area contributed by atoms with E-state index in [0.29, 0.717) is 24.2 Å². The van der Waals surface area contributed by atoms with Gasteiger partial charge in [-0.15, -0.1) is 11.3 Å². The summed E-state index contributed by atoms with van der Waals surface area (Å²) in [6.45, 7) is 2.77. The van der Waals surface area contributed by atoms with Crippen molar-refractivity contribution in [1.29, 1.82) is 5.26 Å². The van der Waals surface area contributed by atoms with Gasteiger partial charge in [-0.05, 0) is 5.56 Å². The Bertz CT molecular complexity index is 700. The molecule has 1 fully saturated rings. The van der Waals surface area contributed by atoms with Crippen LogP contribution in [0.2, 0.25) is 0 Å². The molecule has 1 saturated heterocycles. The molecule has 1 aromatic heterocycles. The second-order valence-electron chi connectivity index (χ2n) is 5.07. The number of rotatable bonds is 3. The fraction of sp³-hybridized carbons (Fsp3) is 0.312. The van der Waals surface area contributed by atoms with Crippen LogP contribution in [0.4, 0.5) is 5.00 Å². The van der Waals surface area contributed by atoms with E-state index in [1.165, 1.54) is 11.3 Å². The van der Waals surface area contributed by atoms with Gasteiger partial charge in [0.15, 0.2) is 0 Å². The number of ether oxygens (including phenoxy) is 1. The maximum atomic E-state index is 9.70. The van der Waals surface area contributed by atoms with Crippen molar-refractivity contribution >= 4 is 29.6 Å². The molecule has 1 aromatic carbocycles. The highest BCUT2D eigenvalue weighted by atomic mass is 32.1. The molecule has 0 spiro atoms. The summed E-state index contributed by atoms with van der Waals surface area (Å²) in [5.74, 6) is 0. The molecule has 0 bridgehead atoms. The first kappa shape index (κ1) is 15.1. The average Bonchev–Trinajstić information content (AvgIpc) is 2.95. The normalized spacial score (nSPS) is 14.8. The fourth-order valence-electron chi connectivity index (χ4n) is 2.62. The molecular formula is C16H15BN2O2S. The molecule has 2 radical (unpaired) electrons. The Morgan fingerprint density at radius 1 is 1.27 bits per heavy atom. The van der Waals surface area contributed by atoms with E-state index < -0.39 is 0 Å². The topological polar surface area (TPSA) is 56.5 Å². The van der Waals surface area contributed by atoms with E-state index in [1.807, 2.05) is 24.3 Å². The monoisotopic (exact) mass is 310 g/mol. The van der Waals surface area contributed by atoms with E-state index in [0.717, 1.165) is 34.1 Å². The van der Waals surface area contributed by atoms with Crippen LogP contribution in [0.5, 0.6) is 0 Å². The van der Waals surface area contributed by atoms with Crippen molar-refractivity contribution in [3.63, 3.8) is 0 Å². The van der Waals surface area contributed by atoms with Gasteiger partial charge >= 0.3 is 0 Å². The first-order chi connectivity index (χ1) is 10.7. The Balaban J connectivity index is 2.10. The van der Waals surface area contributed by atoms with Gasteiger partial charge in [-0.2, -0.15) is 5.26 Å². The lowest BCUT2D eigenvalue weighted by atomic mass is 9.93. The summed E-state index contributed by atoms with van der Waals surface area (Å²) in [5.41, 5.74) is 3.03. The molecule has 6 heteroatoms. The van der Waals surface area contributed by atoms with E-state index in [1.54, 1.807) is 0 Å². The van der Waals surface area contributed by atoms with Crippen LogP contribution in [0.1, 0.15) is 10.4 Å².